The molecule has 7 nitrogen and oxygen atoms in total. The average Bonchev–Trinajstić information content (AvgIpc) is 3.49. The SMILES string of the molecule is CN(c1cccs1)c1nc(NC2CCC(N)CC2)nc2c1ncn2C1CCCC1. The van der Waals surface area contributed by atoms with Crippen molar-refractivity contribution in [3.8, 4) is 0 Å². The standard InChI is InChI=1S/C21H29N7S/c1-27(17-7-4-12-29-17)19-18-20(28(13-23-18)16-5-2-3-6-16)26-21(25-19)24-15-10-8-14(22)9-11-15/h4,7,12-16H,2-3,5-6,8-11,22H2,1H3,(H,24,25,26). The lowest BCUT2D eigenvalue weighted by molar-refractivity contribution is 0.410. The van der Waals surface area contributed by atoms with E-state index in [9.17, 15) is 0 Å². The quantitative estimate of drug-likeness (QED) is 0.645. The molecule has 3 heterocycles. The molecule has 2 aliphatic carbocycles. The van der Waals surface area contributed by atoms with E-state index in [0.29, 0.717) is 24.1 Å². The number of thiophene rings is 1. The van der Waals surface area contributed by atoms with Gasteiger partial charge in [-0.15, -0.1) is 11.3 Å². The number of hydrogen-bond donors (Lipinski definition) is 2. The first-order chi connectivity index (χ1) is 14.2. The lowest BCUT2D eigenvalue weighted by Gasteiger charge is -2.27. The van der Waals surface area contributed by atoms with Crippen molar-refractivity contribution in [1.82, 2.24) is 19.5 Å². The summed E-state index contributed by atoms with van der Waals surface area (Å²) in [6.45, 7) is 0. The number of nitrogens with one attached hydrogen (secondary N) is 1. The van der Waals surface area contributed by atoms with E-state index in [-0.39, 0.29) is 0 Å². The van der Waals surface area contributed by atoms with Gasteiger partial charge in [-0.2, -0.15) is 9.97 Å². The summed E-state index contributed by atoms with van der Waals surface area (Å²) in [4.78, 5) is 16.7. The minimum Gasteiger partial charge on any atom is -0.351 e. The molecular weight excluding hydrogens is 382 g/mol. The first-order valence-electron chi connectivity index (χ1n) is 10.7. The molecule has 3 N–H and O–H groups in total. The van der Waals surface area contributed by atoms with E-state index >= 15 is 0 Å². The van der Waals surface area contributed by atoms with Gasteiger partial charge >= 0.3 is 0 Å². The summed E-state index contributed by atoms with van der Waals surface area (Å²) in [5, 5.41) is 6.84. The summed E-state index contributed by atoms with van der Waals surface area (Å²) in [6, 6.07) is 5.39. The molecule has 2 fully saturated rings. The van der Waals surface area contributed by atoms with Crippen molar-refractivity contribution < 1.29 is 0 Å². The van der Waals surface area contributed by atoms with Crippen molar-refractivity contribution in [2.45, 2.75) is 69.5 Å². The van der Waals surface area contributed by atoms with Gasteiger partial charge in [0.1, 0.15) is 0 Å². The molecule has 3 aromatic rings. The number of imidazole rings is 1. The second-order valence-electron chi connectivity index (χ2n) is 8.40. The van der Waals surface area contributed by atoms with Crippen LogP contribution < -0.4 is 16.0 Å². The molecule has 8 heteroatoms. The summed E-state index contributed by atoms with van der Waals surface area (Å²) >= 11 is 1.70. The molecule has 0 atom stereocenters. The predicted molar refractivity (Wildman–Crippen MR) is 119 cm³/mol. The van der Waals surface area contributed by atoms with Crippen LogP contribution in [0.4, 0.5) is 16.8 Å². The van der Waals surface area contributed by atoms with E-state index in [4.69, 9.17) is 20.7 Å². The zero-order chi connectivity index (χ0) is 19.8. The van der Waals surface area contributed by atoms with Gasteiger partial charge in [-0.05, 0) is 56.0 Å². The van der Waals surface area contributed by atoms with E-state index < -0.39 is 0 Å². The van der Waals surface area contributed by atoms with Gasteiger partial charge in [-0.3, -0.25) is 0 Å². The van der Waals surface area contributed by atoms with Crippen LogP contribution in [-0.4, -0.2) is 38.7 Å². The fourth-order valence-electron chi connectivity index (χ4n) is 4.66. The Morgan fingerprint density at radius 1 is 1.14 bits per heavy atom. The van der Waals surface area contributed by atoms with Crippen LogP contribution in [0.3, 0.4) is 0 Å². The molecule has 3 aromatic heterocycles. The molecule has 0 amide bonds. The van der Waals surface area contributed by atoms with Gasteiger partial charge in [0.05, 0.1) is 11.3 Å². The number of anilines is 3. The Hall–Kier alpha value is -2.19. The van der Waals surface area contributed by atoms with Crippen LogP contribution in [-0.2, 0) is 0 Å². The number of aromatic nitrogens is 4. The van der Waals surface area contributed by atoms with Crippen LogP contribution in [0.25, 0.3) is 11.2 Å². The third-order valence-electron chi connectivity index (χ3n) is 6.38. The van der Waals surface area contributed by atoms with Crippen LogP contribution in [0, 0.1) is 0 Å². The summed E-state index contributed by atoms with van der Waals surface area (Å²) in [7, 11) is 2.06. The Morgan fingerprint density at radius 3 is 2.66 bits per heavy atom. The van der Waals surface area contributed by atoms with E-state index in [0.717, 1.165) is 47.7 Å². The van der Waals surface area contributed by atoms with Crippen molar-refractivity contribution in [2.75, 3.05) is 17.3 Å². The highest BCUT2D eigenvalue weighted by atomic mass is 32.1. The van der Waals surface area contributed by atoms with E-state index in [1.165, 1.54) is 25.7 Å². The molecule has 0 aromatic carbocycles. The maximum Gasteiger partial charge on any atom is 0.227 e. The average molecular weight is 412 g/mol. The Kier molecular flexibility index (Phi) is 5.13. The molecule has 2 aliphatic rings. The first kappa shape index (κ1) is 18.8. The normalized spacial score (nSPS) is 23.0. The Morgan fingerprint density at radius 2 is 1.93 bits per heavy atom. The number of hydrogen-bond acceptors (Lipinski definition) is 7. The van der Waals surface area contributed by atoms with Gasteiger partial charge in [0.15, 0.2) is 17.0 Å². The monoisotopic (exact) mass is 411 g/mol. The molecule has 0 spiro atoms. The van der Waals surface area contributed by atoms with Crippen molar-refractivity contribution in [3.63, 3.8) is 0 Å². The third kappa shape index (κ3) is 3.71. The summed E-state index contributed by atoms with van der Waals surface area (Å²) in [5.74, 6) is 1.57. The number of rotatable bonds is 5. The molecule has 0 unspecified atom stereocenters. The summed E-state index contributed by atoms with van der Waals surface area (Å²) < 4.78 is 2.28. The molecule has 0 aliphatic heterocycles. The summed E-state index contributed by atoms with van der Waals surface area (Å²) in [6.07, 6.45) is 11.2. The van der Waals surface area contributed by atoms with Crippen LogP contribution >= 0.6 is 11.3 Å². The molecule has 5 rings (SSSR count). The highest BCUT2D eigenvalue weighted by Gasteiger charge is 2.25. The molecule has 0 radical (unpaired) electrons. The summed E-state index contributed by atoms with van der Waals surface area (Å²) in [5.41, 5.74) is 7.91. The van der Waals surface area contributed by atoms with E-state index in [1.807, 2.05) is 6.33 Å². The maximum absolute atomic E-state index is 6.08. The number of nitrogens with two attached hydrogens (primary N) is 1. The molecule has 0 saturated heterocycles. The van der Waals surface area contributed by atoms with Gasteiger partial charge in [0, 0.05) is 25.2 Å². The van der Waals surface area contributed by atoms with Gasteiger partial charge in [-0.25, -0.2) is 4.98 Å². The van der Waals surface area contributed by atoms with Crippen molar-refractivity contribution >= 4 is 39.3 Å². The Labute approximate surface area is 175 Å². The first-order valence-corrected chi connectivity index (χ1v) is 11.6. The second kappa shape index (κ2) is 7.91. The van der Waals surface area contributed by atoms with Gasteiger partial charge in [0.2, 0.25) is 5.95 Å². The largest absolute Gasteiger partial charge is 0.351 e. The topological polar surface area (TPSA) is 84.9 Å². The zero-order valence-electron chi connectivity index (χ0n) is 16.9. The van der Waals surface area contributed by atoms with Crippen LogP contribution in [0.5, 0.6) is 0 Å². The Bertz CT molecular complexity index is 953. The van der Waals surface area contributed by atoms with Gasteiger partial charge < -0.3 is 20.5 Å². The van der Waals surface area contributed by atoms with Crippen molar-refractivity contribution in [2.24, 2.45) is 5.73 Å². The minimum absolute atomic E-state index is 0.334. The fourth-order valence-corrected chi connectivity index (χ4v) is 5.36. The lowest BCUT2D eigenvalue weighted by atomic mass is 9.92. The van der Waals surface area contributed by atoms with Crippen molar-refractivity contribution in [1.29, 1.82) is 0 Å². The molecule has 29 heavy (non-hydrogen) atoms. The number of fused-ring (bicyclic) bond motifs is 1. The van der Waals surface area contributed by atoms with Crippen LogP contribution in [0.1, 0.15) is 57.4 Å². The smallest absolute Gasteiger partial charge is 0.227 e. The highest BCUT2D eigenvalue weighted by molar-refractivity contribution is 7.14. The van der Waals surface area contributed by atoms with Crippen LogP contribution in [0.15, 0.2) is 23.8 Å². The molecule has 0 bridgehead atoms. The predicted octanol–water partition coefficient (Wildman–Crippen LogP) is 4.45. The van der Waals surface area contributed by atoms with E-state index in [1.54, 1.807) is 11.3 Å². The second-order valence-corrected chi connectivity index (χ2v) is 9.33. The van der Waals surface area contributed by atoms with Crippen molar-refractivity contribution in [3.05, 3.63) is 23.8 Å². The minimum atomic E-state index is 0.334. The lowest BCUT2D eigenvalue weighted by Crippen LogP contribution is -2.33. The third-order valence-corrected chi connectivity index (χ3v) is 7.33. The zero-order valence-corrected chi connectivity index (χ0v) is 17.7. The molecule has 154 valence electrons. The molecule has 2 saturated carbocycles. The maximum atomic E-state index is 6.08. The molecular formula is C21H29N7S. The Balaban J connectivity index is 1.54. The number of nitrogens with zero attached hydrogens (tertiary/aromatic N) is 5. The van der Waals surface area contributed by atoms with Crippen LogP contribution in [0.2, 0.25) is 0 Å². The van der Waals surface area contributed by atoms with Gasteiger partial charge in [0.25, 0.3) is 0 Å². The fraction of sp³-hybridized carbons (Fsp3) is 0.571. The van der Waals surface area contributed by atoms with Gasteiger partial charge in [-0.1, -0.05) is 12.8 Å². The highest BCUT2D eigenvalue weighted by Crippen LogP contribution is 2.36. The van der Waals surface area contributed by atoms with E-state index in [2.05, 4.69) is 39.3 Å².